The van der Waals surface area contributed by atoms with Crippen LogP contribution in [0.5, 0.6) is 23.0 Å². The largest absolute Gasteiger partial charge is 0.462 e. The van der Waals surface area contributed by atoms with Crippen LogP contribution in [0.25, 0.3) is 21.7 Å². The summed E-state index contributed by atoms with van der Waals surface area (Å²) >= 11 is 0. The molecule has 1 aromatic heterocycles. The van der Waals surface area contributed by atoms with Gasteiger partial charge in [0.05, 0.1) is 18.6 Å². The minimum atomic E-state index is -1.80. The molecular weight excluding hydrogens is 568 g/mol. The van der Waals surface area contributed by atoms with Gasteiger partial charge in [-0.15, -0.1) is 0 Å². The Labute approximate surface area is 235 Å². The molecule has 3 aliphatic heterocycles. The Bertz CT molecular complexity index is 1520. The van der Waals surface area contributed by atoms with Gasteiger partial charge in [-0.2, -0.15) is 0 Å². The number of fused-ring (bicyclic) bond motifs is 5. The average Bonchev–Trinajstić information content (AvgIpc) is 3.46. The topological polar surface area (TPSA) is 247 Å². The molecule has 8 N–H and O–H groups in total. The molecule has 3 aliphatic rings. The molecule has 228 valence electrons. The van der Waals surface area contributed by atoms with E-state index in [9.17, 15) is 45.6 Å². The fraction of sp³-hybridized carbons (Fsp3) is 0.500. The zero-order valence-electron chi connectivity index (χ0n) is 21.5. The highest BCUT2D eigenvalue weighted by molar-refractivity contribution is 6.10. The summed E-state index contributed by atoms with van der Waals surface area (Å²) in [5.74, 6) is 0.121. The molecule has 42 heavy (non-hydrogen) atoms. The summed E-state index contributed by atoms with van der Waals surface area (Å²) in [4.78, 5) is 13.1. The van der Waals surface area contributed by atoms with Crippen molar-refractivity contribution in [1.29, 1.82) is 0 Å². The molecule has 3 aromatic rings. The van der Waals surface area contributed by atoms with Gasteiger partial charge in [0.15, 0.2) is 11.5 Å². The van der Waals surface area contributed by atoms with Gasteiger partial charge >= 0.3 is 5.63 Å². The summed E-state index contributed by atoms with van der Waals surface area (Å²) in [5.41, 5.74) is -0.934. The van der Waals surface area contributed by atoms with Crippen LogP contribution in [0.2, 0.25) is 0 Å². The van der Waals surface area contributed by atoms with E-state index in [0.717, 1.165) is 0 Å². The predicted molar refractivity (Wildman–Crippen MR) is 135 cm³/mol. The number of aliphatic hydroxyl groups is 8. The van der Waals surface area contributed by atoms with Gasteiger partial charge in [0.2, 0.25) is 19.4 Å². The quantitative estimate of drug-likeness (QED) is 0.105. The van der Waals surface area contributed by atoms with Gasteiger partial charge in [-0.3, -0.25) is 0 Å². The van der Waals surface area contributed by atoms with E-state index in [0.29, 0.717) is 5.75 Å². The van der Waals surface area contributed by atoms with E-state index in [1.165, 1.54) is 12.1 Å². The van der Waals surface area contributed by atoms with Gasteiger partial charge in [0.25, 0.3) is 0 Å². The molecule has 2 aromatic carbocycles. The lowest BCUT2D eigenvalue weighted by Gasteiger charge is -2.40. The Kier molecular flexibility index (Phi) is 7.60. The molecule has 0 radical (unpaired) electrons. The Morgan fingerprint density at radius 1 is 0.738 bits per heavy atom. The number of rotatable bonds is 6. The third-order valence-corrected chi connectivity index (χ3v) is 7.45. The van der Waals surface area contributed by atoms with Crippen molar-refractivity contribution in [2.45, 2.75) is 61.4 Å². The number of benzene rings is 2. The number of hydrogen-bond acceptors (Lipinski definition) is 16. The van der Waals surface area contributed by atoms with Crippen LogP contribution in [0, 0.1) is 0 Å². The Hall–Kier alpha value is -3.29. The first-order valence-electron chi connectivity index (χ1n) is 12.9. The Morgan fingerprint density at radius 2 is 1.36 bits per heavy atom. The highest BCUT2D eigenvalue weighted by Gasteiger charge is 2.46. The van der Waals surface area contributed by atoms with Crippen molar-refractivity contribution in [3.8, 4) is 23.0 Å². The van der Waals surface area contributed by atoms with Crippen molar-refractivity contribution in [3.63, 3.8) is 0 Å². The second-order valence-electron chi connectivity index (χ2n) is 10.0. The van der Waals surface area contributed by atoms with E-state index < -0.39 is 80.3 Å². The molecule has 2 fully saturated rings. The van der Waals surface area contributed by atoms with E-state index in [2.05, 4.69) is 0 Å². The second-order valence-corrected chi connectivity index (χ2v) is 10.0. The summed E-state index contributed by atoms with van der Waals surface area (Å²) in [7, 11) is 0. The highest BCUT2D eigenvalue weighted by Crippen LogP contribution is 2.44. The monoisotopic (exact) mass is 596 g/mol. The van der Waals surface area contributed by atoms with Gasteiger partial charge in [-0.25, -0.2) is 4.79 Å². The number of ether oxygens (including phenoxy) is 6. The molecule has 0 saturated carbocycles. The van der Waals surface area contributed by atoms with Crippen molar-refractivity contribution >= 4 is 21.7 Å². The van der Waals surface area contributed by atoms with Crippen molar-refractivity contribution in [3.05, 3.63) is 34.7 Å². The van der Waals surface area contributed by atoms with Gasteiger partial charge in [0, 0.05) is 17.5 Å². The van der Waals surface area contributed by atoms with Crippen molar-refractivity contribution in [2.75, 3.05) is 20.0 Å². The molecule has 16 nitrogen and oxygen atoms in total. The molecular formula is C26H28O16. The third kappa shape index (κ3) is 4.71. The average molecular weight is 596 g/mol. The van der Waals surface area contributed by atoms with E-state index in [1.807, 2.05) is 0 Å². The fourth-order valence-corrected chi connectivity index (χ4v) is 5.20. The summed E-state index contributed by atoms with van der Waals surface area (Å²) in [6.07, 6.45) is -16.2. The van der Waals surface area contributed by atoms with E-state index in [1.54, 1.807) is 12.1 Å². The maximum atomic E-state index is 13.1. The maximum Gasteiger partial charge on any atom is 0.348 e. The molecule has 16 heteroatoms. The Balaban J connectivity index is 1.47. The smallest absolute Gasteiger partial charge is 0.348 e. The van der Waals surface area contributed by atoms with Crippen LogP contribution in [0.1, 0.15) is 0 Å². The summed E-state index contributed by atoms with van der Waals surface area (Å²) in [6.45, 7) is -1.55. The normalized spacial score (nSPS) is 34.6. The van der Waals surface area contributed by atoms with Crippen LogP contribution in [-0.4, -0.2) is 122 Å². The first-order chi connectivity index (χ1) is 20.1. The second kappa shape index (κ2) is 11.1. The number of aliphatic hydroxyl groups excluding tert-OH is 8. The lowest BCUT2D eigenvalue weighted by Crippen LogP contribution is -2.60. The zero-order valence-corrected chi connectivity index (χ0v) is 21.5. The Morgan fingerprint density at radius 3 is 1.98 bits per heavy atom. The van der Waals surface area contributed by atoms with Gasteiger partial charge in [-0.05, 0) is 12.1 Å². The SMILES string of the molecule is O=c1oc2cc(O[C@@H]3O[C@H](CO)[C@@H](O)[C@H](O)[C@H]3O)cc(O[C@@H]3O[C@H](CO)[C@@H](O)[C@H](O)[C@H]3O)c2c2ccc3c(c12)OCO3. The first-order valence-corrected chi connectivity index (χ1v) is 12.9. The van der Waals surface area contributed by atoms with Gasteiger partial charge in [0.1, 0.15) is 71.3 Å². The van der Waals surface area contributed by atoms with E-state index in [4.69, 9.17) is 32.8 Å². The maximum absolute atomic E-state index is 13.1. The molecule has 0 spiro atoms. The standard InChI is InChI=1S/C26H28O16/c27-5-13-17(29)19(31)21(33)25(41-13)38-8-3-11-15(9-1-2-10-23(37-7-36-10)16(9)24(35)39-11)12(4-8)40-26-22(34)20(32)18(30)14(6-28)42-26/h1-4,13-14,17-22,25-34H,5-7H2/t13-,14-,17-,18-,19+,20+,21-,22-,25-,26-/m1/s1. The highest BCUT2D eigenvalue weighted by atomic mass is 16.7. The lowest BCUT2D eigenvalue weighted by molar-refractivity contribution is -0.278. The zero-order chi connectivity index (χ0) is 29.9. The van der Waals surface area contributed by atoms with Gasteiger partial charge in [-0.1, -0.05) is 0 Å². The molecule has 10 atom stereocenters. The first kappa shape index (κ1) is 28.8. The van der Waals surface area contributed by atoms with Crippen molar-refractivity contribution < 1.29 is 73.7 Å². The van der Waals surface area contributed by atoms with Crippen LogP contribution in [-0.2, 0) is 9.47 Å². The molecule has 6 rings (SSSR count). The van der Waals surface area contributed by atoms with E-state index in [-0.39, 0.29) is 45.8 Å². The van der Waals surface area contributed by atoms with E-state index >= 15 is 0 Å². The van der Waals surface area contributed by atoms with Crippen LogP contribution in [0.15, 0.2) is 33.5 Å². The van der Waals surface area contributed by atoms with Crippen molar-refractivity contribution in [1.82, 2.24) is 0 Å². The molecule has 0 amide bonds. The molecule has 0 bridgehead atoms. The summed E-state index contributed by atoms with van der Waals surface area (Å²) in [5, 5.41) is 81.3. The lowest BCUT2D eigenvalue weighted by atomic mass is 9.99. The molecule has 0 unspecified atom stereocenters. The fourth-order valence-electron chi connectivity index (χ4n) is 5.20. The predicted octanol–water partition coefficient (Wildman–Crippen LogP) is -2.97. The van der Waals surface area contributed by atoms with Crippen LogP contribution < -0.4 is 24.6 Å². The summed E-state index contributed by atoms with van der Waals surface area (Å²) in [6, 6.07) is 5.59. The van der Waals surface area contributed by atoms with Crippen molar-refractivity contribution in [2.24, 2.45) is 0 Å². The minimum Gasteiger partial charge on any atom is -0.462 e. The number of hydrogen-bond donors (Lipinski definition) is 8. The van der Waals surface area contributed by atoms with Crippen LogP contribution in [0.3, 0.4) is 0 Å². The molecule has 0 aliphatic carbocycles. The van der Waals surface area contributed by atoms with Crippen LogP contribution >= 0.6 is 0 Å². The summed E-state index contributed by atoms with van der Waals surface area (Å²) < 4.78 is 38.9. The third-order valence-electron chi connectivity index (χ3n) is 7.45. The molecule has 4 heterocycles. The molecule has 2 saturated heterocycles. The van der Waals surface area contributed by atoms with Crippen LogP contribution in [0.4, 0.5) is 0 Å². The minimum absolute atomic E-state index is 0.0127. The van der Waals surface area contributed by atoms with Gasteiger partial charge < -0.3 is 73.7 Å².